The zero-order chi connectivity index (χ0) is 15.1. The molecule has 1 heterocycles. The molecular formula is C16H24ClN3O. The lowest BCUT2D eigenvalue weighted by Crippen LogP contribution is -2.47. The molecule has 0 unspecified atom stereocenters. The van der Waals surface area contributed by atoms with Gasteiger partial charge in [-0.3, -0.25) is 4.79 Å². The number of likely N-dealkylation sites (N-methyl/N-ethyl adjacent to an activating group) is 1. The Kier molecular flexibility index (Phi) is 6.49. The van der Waals surface area contributed by atoms with Crippen LogP contribution in [0.5, 0.6) is 0 Å². The van der Waals surface area contributed by atoms with Gasteiger partial charge in [0.25, 0.3) is 0 Å². The van der Waals surface area contributed by atoms with Gasteiger partial charge in [-0.2, -0.15) is 0 Å². The molecule has 0 saturated carbocycles. The van der Waals surface area contributed by atoms with E-state index in [2.05, 4.69) is 17.3 Å². The largest absolute Gasteiger partial charge is 0.340 e. The number of nitrogens with one attached hydrogen (secondary N) is 1. The molecule has 1 aliphatic heterocycles. The maximum Gasteiger partial charge on any atom is 0.223 e. The topological polar surface area (TPSA) is 35.6 Å². The molecule has 5 heteroatoms. The first-order chi connectivity index (χ1) is 10.1. The highest BCUT2D eigenvalue weighted by Gasteiger charge is 2.18. The van der Waals surface area contributed by atoms with Crippen LogP contribution in [0.15, 0.2) is 24.3 Å². The molecule has 1 saturated heterocycles. The quantitative estimate of drug-likeness (QED) is 0.812. The zero-order valence-corrected chi connectivity index (χ0v) is 13.4. The number of carbonyl (C=O) groups excluding carboxylic acids is 1. The molecule has 0 aromatic heterocycles. The molecular weight excluding hydrogens is 286 g/mol. The molecule has 0 spiro atoms. The Morgan fingerprint density at radius 1 is 1.14 bits per heavy atom. The van der Waals surface area contributed by atoms with Crippen molar-refractivity contribution in [3.63, 3.8) is 0 Å². The Labute approximate surface area is 132 Å². The summed E-state index contributed by atoms with van der Waals surface area (Å²) >= 11 is 5.85. The van der Waals surface area contributed by atoms with E-state index in [0.717, 1.165) is 50.7 Å². The molecule has 0 atom stereocenters. The van der Waals surface area contributed by atoms with E-state index in [9.17, 15) is 4.79 Å². The molecule has 21 heavy (non-hydrogen) atoms. The van der Waals surface area contributed by atoms with Crippen LogP contribution in [-0.2, 0) is 11.2 Å². The molecule has 1 aromatic rings. The SMILES string of the molecule is CN1CCN(C(=O)CCNCCc2ccc(Cl)cc2)CC1. The lowest BCUT2D eigenvalue weighted by Gasteiger charge is -2.32. The van der Waals surface area contributed by atoms with Gasteiger partial charge in [0, 0.05) is 44.2 Å². The standard InChI is InChI=1S/C16H24ClN3O/c1-19-10-12-20(13-11-19)16(21)7-9-18-8-6-14-2-4-15(17)5-3-14/h2-5,18H,6-13H2,1H3. The average Bonchev–Trinajstić information content (AvgIpc) is 2.49. The number of hydrogen-bond acceptors (Lipinski definition) is 3. The summed E-state index contributed by atoms with van der Waals surface area (Å²) in [4.78, 5) is 16.3. The highest BCUT2D eigenvalue weighted by Crippen LogP contribution is 2.09. The summed E-state index contributed by atoms with van der Waals surface area (Å²) in [6.07, 6.45) is 1.55. The van der Waals surface area contributed by atoms with Crippen LogP contribution in [0.3, 0.4) is 0 Å². The minimum absolute atomic E-state index is 0.266. The van der Waals surface area contributed by atoms with Gasteiger partial charge in [-0.1, -0.05) is 23.7 Å². The normalized spacial score (nSPS) is 16.2. The minimum atomic E-state index is 0.266. The maximum atomic E-state index is 12.0. The summed E-state index contributed by atoms with van der Waals surface area (Å²) < 4.78 is 0. The fourth-order valence-electron chi connectivity index (χ4n) is 2.42. The Morgan fingerprint density at radius 3 is 2.48 bits per heavy atom. The van der Waals surface area contributed by atoms with Crippen molar-refractivity contribution >= 4 is 17.5 Å². The number of carbonyl (C=O) groups is 1. The summed E-state index contributed by atoms with van der Waals surface area (Å²) in [5, 5.41) is 4.10. The smallest absolute Gasteiger partial charge is 0.223 e. The third-order valence-corrected chi connectivity index (χ3v) is 4.13. The highest BCUT2D eigenvalue weighted by atomic mass is 35.5. The fourth-order valence-corrected chi connectivity index (χ4v) is 2.54. The van der Waals surface area contributed by atoms with Gasteiger partial charge in [0.1, 0.15) is 0 Å². The molecule has 1 amide bonds. The molecule has 0 bridgehead atoms. The van der Waals surface area contributed by atoms with Crippen LogP contribution in [0.4, 0.5) is 0 Å². The number of amides is 1. The second kappa shape index (κ2) is 8.37. The molecule has 1 aromatic carbocycles. The predicted octanol–water partition coefficient (Wildman–Crippen LogP) is 1.64. The van der Waals surface area contributed by atoms with E-state index in [0.29, 0.717) is 6.42 Å². The fraction of sp³-hybridized carbons (Fsp3) is 0.562. The van der Waals surface area contributed by atoms with E-state index >= 15 is 0 Å². The zero-order valence-electron chi connectivity index (χ0n) is 12.6. The van der Waals surface area contributed by atoms with Gasteiger partial charge in [-0.15, -0.1) is 0 Å². The Hall–Kier alpha value is -1.10. The Balaban J connectivity index is 1.57. The number of hydrogen-bond donors (Lipinski definition) is 1. The summed E-state index contributed by atoms with van der Waals surface area (Å²) in [5.41, 5.74) is 1.26. The Morgan fingerprint density at radius 2 is 1.81 bits per heavy atom. The first kappa shape index (κ1) is 16.3. The minimum Gasteiger partial charge on any atom is -0.340 e. The number of nitrogens with zero attached hydrogens (tertiary/aromatic N) is 2. The van der Waals surface area contributed by atoms with E-state index in [1.807, 2.05) is 29.2 Å². The molecule has 116 valence electrons. The van der Waals surface area contributed by atoms with Crippen molar-refractivity contribution in [1.82, 2.24) is 15.1 Å². The third-order valence-electron chi connectivity index (χ3n) is 3.88. The van der Waals surface area contributed by atoms with Crippen LogP contribution in [-0.4, -0.2) is 62.0 Å². The first-order valence-electron chi connectivity index (χ1n) is 7.56. The van der Waals surface area contributed by atoms with E-state index in [1.165, 1.54) is 5.56 Å². The molecule has 1 aliphatic rings. The van der Waals surface area contributed by atoms with E-state index < -0.39 is 0 Å². The second-order valence-corrected chi connectivity index (χ2v) is 6.00. The molecule has 2 rings (SSSR count). The predicted molar refractivity (Wildman–Crippen MR) is 86.7 cm³/mol. The van der Waals surface area contributed by atoms with Crippen molar-refractivity contribution in [2.24, 2.45) is 0 Å². The van der Waals surface area contributed by atoms with Crippen LogP contribution in [0, 0.1) is 0 Å². The molecule has 1 N–H and O–H groups in total. The molecule has 1 fully saturated rings. The lowest BCUT2D eigenvalue weighted by atomic mass is 10.1. The van der Waals surface area contributed by atoms with Crippen LogP contribution in [0.25, 0.3) is 0 Å². The Bertz CT molecular complexity index is 441. The van der Waals surface area contributed by atoms with Gasteiger partial charge < -0.3 is 15.1 Å². The van der Waals surface area contributed by atoms with Crippen LogP contribution in [0.2, 0.25) is 5.02 Å². The second-order valence-electron chi connectivity index (χ2n) is 5.56. The van der Waals surface area contributed by atoms with Gasteiger partial charge in [0.15, 0.2) is 0 Å². The van der Waals surface area contributed by atoms with Gasteiger partial charge in [0.2, 0.25) is 5.91 Å². The highest BCUT2D eigenvalue weighted by molar-refractivity contribution is 6.30. The third kappa shape index (κ3) is 5.65. The van der Waals surface area contributed by atoms with E-state index in [1.54, 1.807) is 0 Å². The van der Waals surface area contributed by atoms with Crippen molar-refractivity contribution in [2.45, 2.75) is 12.8 Å². The molecule has 0 radical (unpaired) electrons. The average molecular weight is 310 g/mol. The van der Waals surface area contributed by atoms with Crippen molar-refractivity contribution in [1.29, 1.82) is 0 Å². The summed E-state index contributed by atoms with van der Waals surface area (Å²) in [6.45, 7) is 5.32. The van der Waals surface area contributed by atoms with Crippen LogP contribution < -0.4 is 5.32 Å². The van der Waals surface area contributed by atoms with Gasteiger partial charge >= 0.3 is 0 Å². The number of rotatable bonds is 6. The van der Waals surface area contributed by atoms with Crippen LogP contribution >= 0.6 is 11.6 Å². The summed E-state index contributed by atoms with van der Waals surface area (Å²) in [7, 11) is 2.10. The summed E-state index contributed by atoms with van der Waals surface area (Å²) in [5.74, 6) is 0.266. The van der Waals surface area contributed by atoms with Gasteiger partial charge in [0.05, 0.1) is 0 Å². The van der Waals surface area contributed by atoms with Crippen molar-refractivity contribution in [2.75, 3.05) is 46.3 Å². The van der Waals surface area contributed by atoms with Gasteiger partial charge in [-0.05, 0) is 37.7 Å². The monoisotopic (exact) mass is 309 g/mol. The van der Waals surface area contributed by atoms with Crippen molar-refractivity contribution in [3.05, 3.63) is 34.9 Å². The number of benzene rings is 1. The van der Waals surface area contributed by atoms with E-state index in [-0.39, 0.29) is 5.91 Å². The summed E-state index contributed by atoms with van der Waals surface area (Å²) in [6, 6.07) is 7.90. The van der Waals surface area contributed by atoms with Crippen molar-refractivity contribution in [3.8, 4) is 0 Å². The van der Waals surface area contributed by atoms with Gasteiger partial charge in [-0.25, -0.2) is 0 Å². The van der Waals surface area contributed by atoms with Crippen molar-refractivity contribution < 1.29 is 4.79 Å². The lowest BCUT2D eigenvalue weighted by molar-refractivity contribution is -0.132. The molecule has 0 aliphatic carbocycles. The first-order valence-corrected chi connectivity index (χ1v) is 7.94. The van der Waals surface area contributed by atoms with E-state index in [4.69, 9.17) is 11.6 Å². The maximum absolute atomic E-state index is 12.0. The number of halogens is 1. The molecule has 4 nitrogen and oxygen atoms in total. The number of piperazine rings is 1. The van der Waals surface area contributed by atoms with Crippen LogP contribution in [0.1, 0.15) is 12.0 Å².